The lowest BCUT2D eigenvalue weighted by atomic mass is 9.59. The van der Waals surface area contributed by atoms with Gasteiger partial charge in [-0.25, -0.2) is 4.79 Å². The van der Waals surface area contributed by atoms with E-state index in [9.17, 15) is 9.90 Å². The highest BCUT2D eigenvalue weighted by atomic mass is 35.5. The van der Waals surface area contributed by atoms with Crippen molar-refractivity contribution in [1.82, 2.24) is 0 Å². The Hall–Kier alpha value is -2.04. The third-order valence-electron chi connectivity index (χ3n) is 8.35. The molecule has 178 valence electrons. The molecule has 2 N–H and O–H groups in total. The normalized spacial score (nSPS) is 27.4. The molecule has 4 rings (SSSR count). The summed E-state index contributed by atoms with van der Waals surface area (Å²) in [5.74, 6) is 0.989. The largest absolute Gasteiger partial charge is 0.467 e. The molecule has 0 saturated heterocycles. The van der Waals surface area contributed by atoms with E-state index in [1.807, 2.05) is 24.3 Å². The molecule has 2 aliphatic carbocycles. The molecule has 1 saturated carbocycles. The minimum atomic E-state index is -0.763. The molecule has 0 bridgehead atoms. The Morgan fingerprint density at radius 1 is 1.15 bits per heavy atom. The molecule has 2 unspecified atom stereocenters. The number of carbonyl (C=O) groups is 1. The molecule has 0 amide bonds. The summed E-state index contributed by atoms with van der Waals surface area (Å²) in [5, 5.41) is 14.2. The first-order valence-electron chi connectivity index (χ1n) is 12.1. The van der Waals surface area contributed by atoms with Gasteiger partial charge in [0.05, 0.1) is 7.11 Å². The highest BCUT2D eigenvalue weighted by molar-refractivity contribution is 6.30. The lowest BCUT2D eigenvalue weighted by Crippen LogP contribution is -2.53. The topological polar surface area (TPSA) is 58.6 Å². The number of fused-ring (bicyclic) bond motifs is 2. The number of esters is 1. The molecule has 33 heavy (non-hydrogen) atoms. The number of hydrogen-bond acceptors (Lipinski definition) is 4. The molecule has 0 radical (unpaired) electrons. The van der Waals surface area contributed by atoms with Crippen LogP contribution in [0, 0.1) is 17.8 Å². The average Bonchev–Trinajstić information content (AvgIpc) is 3.11. The van der Waals surface area contributed by atoms with Crippen molar-refractivity contribution in [3.05, 3.63) is 64.7 Å². The van der Waals surface area contributed by atoms with Crippen molar-refractivity contribution < 1.29 is 14.6 Å². The monoisotopic (exact) mass is 469 g/mol. The number of nitrogens with one attached hydrogen (secondary N) is 1. The SMILES string of the molecule is COC(=O)C1(Nc2cccc(Cl)c2)CCC2(CC1)c1ccccc1CC2CC(CO)C(C)C. The zero-order valence-electron chi connectivity index (χ0n) is 19.9. The van der Waals surface area contributed by atoms with Gasteiger partial charge in [-0.05, 0) is 91.0 Å². The number of methoxy groups -OCH3 is 1. The third-order valence-corrected chi connectivity index (χ3v) is 8.58. The average molecular weight is 470 g/mol. The Kier molecular flexibility index (Phi) is 7.07. The van der Waals surface area contributed by atoms with Crippen LogP contribution in [0.25, 0.3) is 0 Å². The molecule has 1 spiro atoms. The van der Waals surface area contributed by atoms with Gasteiger partial charge in [0.1, 0.15) is 5.54 Å². The van der Waals surface area contributed by atoms with Gasteiger partial charge in [0.2, 0.25) is 0 Å². The predicted octanol–water partition coefficient (Wildman–Crippen LogP) is 6.00. The van der Waals surface area contributed by atoms with E-state index in [1.54, 1.807) is 0 Å². The number of carbonyl (C=O) groups excluding carboxylic acids is 1. The second-order valence-electron chi connectivity index (χ2n) is 10.3. The molecule has 5 heteroatoms. The van der Waals surface area contributed by atoms with E-state index in [-0.39, 0.29) is 23.9 Å². The molecule has 2 aliphatic rings. The van der Waals surface area contributed by atoms with Gasteiger partial charge in [0, 0.05) is 17.3 Å². The zero-order valence-corrected chi connectivity index (χ0v) is 20.7. The summed E-state index contributed by atoms with van der Waals surface area (Å²) in [6, 6.07) is 16.3. The first-order valence-corrected chi connectivity index (χ1v) is 12.5. The van der Waals surface area contributed by atoms with Crippen molar-refractivity contribution in [2.24, 2.45) is 17.8 Å². The standard InChI is InChI=1S/C28H36ClNO3/c1-19(2)21(18-31)16-22-15-20-7-4-5-10-25(20)27(22)11-13-28(14-12-27,26(32)33-3)30-24-9-6-8-23(29)17-24/h4-10,17,19,21-22,30-31H,11-16,18H2,1-3H3. The molecule has 0 aliphatic heterocycles. The maximum atomic E-state index is 13.1. The molecule has 4 nitrogen and oxygen atoms in total. The maximum absolute atomic E-state index is 13.1. The van der Waals surface area contributed by atoms with Gasteiger partial charge >= 0.3 is 5.97 Å². The molecule has 1 fully saturated rings. The summed E-state index contributed by atoms with van der Waals surface area (Å²) >= 11 is 6.21. The van der Waals surface area contributed by atoms with Crippen LogP contribution < -0.4 is 5.32 Å². The Balaban J connectivity index is 1.64. The van der Waals surface area contributed by atoms with E-state index in [4.69, 9.17) is 16.3 Å². The summed E-state index contributed by atoms with van der Waals surface area (Å²) in [6.07, 6.45) is 5.27. The number of aliphatic hydroxyl groups is 1. The number of halogens is 1. The summed E-state index contributed by atoms with van der Waals surface area (Å²) in [5.41, 5.74) is 2.98. The van der Waals surface area contributed by atoms with Crippen LogP contribution in [0.1, 0.15) is 57.1 Å². The Morgan fingerprint density at radius 2 is 1.88 bits per heavy atom. The minimum Gasteiger partial charge on any atom is -0.467 e. The van der Waals surface area contributed by atoms with Crippen molar-refractivity contribution >= 4 is 23.3 Å². The van der Waals surface area contributed by atoms with Crippen LogP contribution in [-0.2, 0) is 21.4 Å². The molecule has 2 aromatic rings. The van der Waals surface area contributed by atoms with Crippen molar-refractivity contribution in [3.8, 4) is 0 Å². The first-order chi connectivity index (χ1) is 15.8. The Labute approximate surface area is 202 Å². The molecule has 2 atom stereocenters. The van der Waals surface area contributed by atoms with Crippen LogP contribution in [-0.4, -0.2) is 30.3 Å². The van der Waals surface area contributed by atoms with Crippen molar-refractivity contribution in [2.45, 2.75) is 63.3 Å². The molecule has 0 heterocycles. The number of hydrogen-bond donors (Lipinski definition) is 2. The molecular formula is C28H36ClNO3. The van der Waals surface area contributed by atoms with E-state index < -0.39 is 5.54 Å². The number of aliphatic hydroxyl groups excluding tert-OH is 1. The van der Waals surface area contributed by atoms with E-state index in [2.05, 4.69) is 43.4 Å². The van der Waals surface area contributed by atoms with Crippen LogP contribution in [0.3, 0.4) is 0 Å². The Bertz CT molecular complexity index is 981. The van der Waals surface area contributed by atoms with Gasteiger partial charge in [0.15, 0.2) is 0 Å². The second-order valence-corrected chi connectivity index (χ2v) is 10.8. The second kappa shape index (κ2) is 9.68. The van der Waals surface area contributed by atoms with E-state index in [0.717, 1.165) is 31.4 Å². The molecule has 0 aromatic heterocycles. The Morgan fingerprint density at radius 3 is 2.52 bits per heavy atom. The van der Waals surface area contributed by atoms with E-state index >= 15 is 0 Å². The summed E-state index contributed by atoms with van der Waals surface area (Å²) in [4.78, 5) is 13.1. The van der Waals surface area contributed by atoms with Crippen LogP contribution in [0.2, 0.25) is 5.02 Å². The molecular weight excluding hydrogens is 434 g/mol. The number of anilines is 1. The van der Waals surface area contributed by atoms with Gasteiger partial charge in [0.25, 0.3) is 0 Å². The fourth-order valence-corrected chi connectivity index (χ4v) is 6.51. The fourth-order valence-electron chi connectivity index (χ4n) is 6.32. The summed E-state index contributed by atoms with van der Waals surface area (Å²) in [7, 11) is 1.47. The van der Waals surface area contributed by atoms with Crippen molar-refractivity contribution in [1.29, 1.82) is 0 Å². The number of benzene rings is 2. The molecule has 2 aromatic carbocycles. The van der Waals surface area contributed by atoms with Gasteiger partial charge < -0.3 is 15.2 Å². The lowest BCUT2D eigenvalue weighted by molar-refractivity contribution is -0.148. The summed E-state index contributed by atoms with van der Waals surface area (Å²) in [6.45, 7) is 4.63. The van der Waals surface area contributed by atoms with E-state index in [1.165, 1.54) is 18.2 Å². The van der Waals surface area contributed by atoms with Gasteiger partial charge in [-0.1, -0.05) is 55.8 Å². The quantitative estimate of drug-likeness (QED) is 0.488. The minimum absolute atomic E-state index is 0.0342. The highest BCUT2D eigenvalue weighted by Crippen LogP contribution is 2.56. The van der Waals surface area contributed by atoms with Crippen LogP contribution in [0.15, 0.2) is 48.5 Å². The maximum Gasteiger partial charge on any atom is 0.331 e. The van der Waals surface area contributed by atoms with Crippen molar-refractivity contribution in [3.63, 3.8) is 0 Å². The zero-order chi connectivity index (χ0) is 23.6. The van der Waals surface area contributed by atoms with Gasteiger partial charge in [-0.3, -0.25) is 0 Å². The lowest BCUT2D eigenvalue weighted by Gasteiger charge is -2.48. The van der Waals surface area contributed by atoms with Crippen molar-refractivity contribution in [2.75, 3.05) is 19.0 Å². The van der Waals surface area contributed by atoms with E-state index in [0.29, 0.717) is 29.7 Å². The van der Waals surface area contributed by atoms with Crippen LogP contribution in [0.5, 0.6) is 0 Å². The fraction of sp³-hybridized carbons (Fsp3) is 0.536. The van der Waals surface area contributed by atoms with Crippen LogP contribution in [0.4, 0.5) is 5.69 Å². The summed E-state index contributed by atoms with van der Waals surface area (Å²) < 4.78 is 5.29. The predicted molar refractivity (Wildman–Crippen MR) is 134 cm³/mol. The highest BCUT2D eigenvalue weighted by Gasteiger charge is 2.54. The third kappa shape index (κ3) is 4.52. The first kappa shape index (κ1) is 24.1. The number of ether oxygens (including phenoxy) is 1. The van der Waals surface area contributed by atoms with Crippen LogP contribution >= 0.6 is 11.6 Å². The number of rotatable bonds is 7. The van der Waals surface area contributed by atoms with Gasteiger partial charge in [-0.15, -0.1) is 0 Å². The van der Waals surface area contributed by atoms with Gasteiger partial charge in [-0.2, -0.15) is 0 Å². The smallest absolute Gasteiger partial charge is 0.331 e.